The van der Waals surface area contributed by atoms with Gasteiger partial charge in [-0.2, -0.15) is 0 Å². The standard InChI is InChI=1S/C23H27N5O7/c1-28-19(27-21(29)15-13-25-23(24)26-14-15)12-17-16(22(28)30)2-3-18-20(17)35-11-9-33-7-5-31-4-6-32-8-10-34-18/h2-3,12-14H,4-11H2,1H3,(H,27,29)(H2,24,25,26). The van der Waals surface area contributed by atoms with Crippen molar-refractivity contribution in [2.24, 2.45) is 7.05 Å². The lowest BCUT2D eigenvalue weighted by Gasteiger charge is -2.17. The maximum atomic E-state index is 13.1. The number of hydrogen-bond donors (Lipinski definition) is 2. The highest BCUT2D eigenvalue weighted by Crippen LogP contribution is 2.36. The number of nitrogen functional groups attached to an aromatic ring is 1. The first-order chi connectivity index (χ1) is 17.0. The molecule has 0 atom stereocenters. The summed E-state index contributed by atoms with van der Waals surface area (Å²) in [4.78, 5) is 33.5. The smallest absolute Gasteiger partial charge is 0.259 e. The molecular formula is C23H27N5O7. The molecular weight excluding hydrogens is 458 g/mol. The van der Waals surface area contributed by atoms with E-state index in [0.29, 0.717) is 61.9 Å². The van der Waals surface area contributed by atoms with Crippen molar-refractivity contribution in [3.8, 4) is 11.5 Å². The van der Waals surface area contributed by atoms with Gasteiger partial charge in [0.2, 0.25) is 5.95 Å². The lowest BCUT2D eigenvalue weighted by molar-refractivity contribution is 0.00711. The number of carbonyl (C=O) groups is 1. The zero-order valence-corrected chi connectivity index (χ0v) is 19.3. The Labute approximate surface area is 200 Å². The summed E-state index contributed by atoms with van der Waals surface area (Å²) < 4.78 is 29.7. The van der Waals surface area contributed by atoms with Crippen LogP contribution in [0.25, 0.3) is 10.8 Å². The summed E-state index contributed by atoms with van der Waals surface area (Å²) in [5.41, 5.74) is 5.37. The number of nitrogens with one attached hydrogen (secondary N) is 1. The first-order valence-corrected chi connectivity index (χ1v) is 11.1. The van der Waals surface area contributed by atoms with E-state index in [2.05, 4.69) is 15.3 Å². The number of carbonyl (C=O) groups excluding carboxylic acids is 1. The molecule has 0 saturated carbocycles. The molecule has 1 aliphatic heterocycles. The van der Waals surface area contributed by atoms with Gasteiger partial charge in [-0.3, -0.25) is 14.2 Å². The fourth-order valence-corrected chi connectivity index (χ4v) is 3.41. The summed E-state index contributed by atoms with van der Waals surface area (Å²) in [6.45, 7) is 2.99. The van der Waals surface area contributed by atoms with Crippen molar-refractivity contribution in [2.45, 2.75) is 0 Å². The fraction of sp³-hybridized carbons (Fsp3) is 0.391. The molecule has 0 spiro atoms. The molecule has 35 heavy (non-hydrogen) atoms. The van der Waals surface area contributed by atoms with Gasteiger partial charge < -0.3 is 34.7 Å². The van der Waals surface area contributed by atoms with Gasteiger partial charge in [-0.1, -0.05) is 0 Å². The molecule has 1 amide bonds. The number of fused-ring (bicyclic) bond motifs is 3. The van der Waals surface area contributed by atoms with Crippen LogP contribution in [0.2, 0.25) is 0 Å². The van der Waals surface area contributed by atoms with Crippen molar-refractivity contribution in [3.63, 3.8) is 0 Å². The predicted molar refractivity (Wildman–Crippen MR) is 127 cm³/mol. The molecule has 1 aromatic carbocycles. The molecule has 3 aromatic rings. The van der Waals surface area contributed by atoms with Gasteiger partial charge in [-0.25, -0.2) is 9.97 Å². The Morgan fingerprint density at radius 3 is 2.17 bits per heavy atom. The third kappa shape index (κ3) is 6.04. The Hall–Kier alpha value is -3.74. The van der Waals surface area contributed by atoms with E-state index < -0.39 is 5.91 Å². The van der Waals surface area contributed by atoms with Crippen molar-refractivity contribution < 1.29 is 28.5 Å². The number of amides is 1. The number of anilines is 2. The minimum Gasteiger partial charge on any atom is -0.487 e. The van der Waals surface area contributed by atoms with Crippen LogP contribution in [0.4, 0.5) is 11.8 Å². The molecule has 0 radical (unpaired) electrons. The van der Waals surface area contributed by atoms with Gasteiger partial charge in [0, 0.05) is 24.8 Å². The lowest BCUT2D eigenvalue weighted by Crippen LogP contribution is -2.24. The van der Waals surface area contributed by atoms with Gasteiger partial charge in [0.1, 0.15) is 19.0 Å². The first-order valence-electron chi connectivity index (χ1n) is 11.1. The molecule has 0 bridgehead atoms. The molecule has 0 aliphatic carbocycles. The van der Waals surface area contributed by atoms with E-state index in [1.165, 1.54) is 17.0 Å². The van der Waals surface area contributed by atoms with Gasteiger partial charge in [0.15, 0.2) is 11.5 Å². The number of nitrogens with two attached hydrogens (primary N) is 1. The maximum Gasteiger partial charge on any atom is 0.259 e. The van der Waals surface area contributed by atoms with Crippen LogP contribution in [-0.2, 0) is 21.3 Å². The normalized spacial score (nSPS) is 15.7. The summed E-state index contributed by atoms with van der Waals surface area (Å²) in [7, 11) is 1.57. The van der Waals surface area contributed by atoms with Crippen LogP contribution in [-0.4, -0.2) is 73.3 Å². The highest BCUT2D eigenvalue weighted by molar-refractivity contribution is 6.04. The van der Waals surface area contributed by atoms with Gasteiger partial charge >= 0.3 is 0 Å². The van der Waals surface area contributed by atoms with E-state index in [4.69, 9.17) is 29.4 Å². The molecule has 4 rings (SSSR count). The number of pyridine rings is 1. The molecule has 0 unspecified atom stereocenters. The lowest BCUT2D eigenvalue weighted by atomic mass is 10.1. The number of aromatic nitrogens is 3. The van der Waals surface area contributed by atoms with E-state index in [1.54, 1.807) is 25.2 Å². The van der Waals surface area contributed by atoms with Crippen molar-refractivity contribution in [3.05, 3.63) is 46.5 Å². The Morgan fingerprint density at radius 1 is 0.914 bits per heavy atom. The quantitative estimate of drug-likeness (QED) is 0.538. The van der Waals surface area contributed by atoms with Gasteiger partial charge in [-0.15, -0.1) is 0 Å². The van der Waals surface area contributed by atoms with Gasteiger partial charge in [-0.05, 0) is 18.2 Å². The van der Waals surface area contributed by atoms with Crippen molar-refractivity contribution >= 4 is 28.4 Å². The van der Waals surface area contributed by atoms with Crippen LogP contribution in [0.5, 0.6) is 11.5 Å². The Balaban J connectivity index is 1.67. The Bertz CT molecular complexity index is 1230. The second-order valence-electron chi connectivity index (χ2n) is 7.57. The minimum atomic E-state index is -0.493. The van der Waals surface area contributed by atoms with Crippen LogP contribution in [0.3, 0.4) is 0 Å². The minimum absolute atomic E-state index is 0.0532. The number of ether oxygens (including phenoxy) is 5. The number of benzene rings is 1. The van der Waals surface area contributed by atoms with Crippen LogP contribution in [0, 0.1) is 0 Å². The van der Waals surface area contributed by atoms with E-state index in [0.717, 1.165) is 0 Å². The predicted octanol–water partition coefficient (Wildman–Crippen LogP) is 0.984. The van der Waals surface area contributed by atoms with Gasteiger partial charge in [0.25, 0.3) is 11.5 Å². The van der Waals surface area contributed by atoms with Crippen LogP contribution in [0.15, 0.2) is 35.4 Å². The van der Waals surface area contributed by atoms with Crippen LogP contribution < -0.4 is 26.1 Å². The van der Waals surface area contributed by atoms with Crippen molar-refractivity contribution in [1.82, 2.24) is 14.5 Å². The molecule has 3 heterocycles. The number of nitrogens with zero attached hydrogens (tertiary/aromatic N) is 3. The molecule has 3 N–H and O–H groups in total. The van der Waals surface area contributed by atoms with Gasteiger partial charge in [0.05, 0.1) is 50.6 Å². The average molecular weight is 485 g/mol. The van der Waals surface area contributed by atoms with E-state index in [-0.39, 0.29) is 36.1 Å². The molecule has 12 nitrogen and oxygen atoms in total. The second kappa shape index (κ2) is 11.6. The zero-order valence-electron chi connectivity index (χ0n) is 19.3. The maximum absolute atomic E-state index is 13.1. The third-order valence-electron chi connectivity index (χ3n) is 5.22. The SMILES string of the molecule is Cn1c(NC(=O)c2cnc(N)nc2)cc2c3c(ccc2c1=O)OCCOCCOCCOCCO3. The molecule has 186 valence electrons. The van der Waals surface area contributed by atoms with Crippen molar-refractivity contribution in [1.29, 1.82) is 0 Å². The average Bonchev–Trinajstić information content (AvgIpc) is 2.86. The summed E-state index contributed by atoms with van der Waals surface area (Å²) in [6, 6.07) is 5.01. The molecule has 0 saturated heterocycles. The van der Waals surface area contributed by atoms with Crippen molar-refractivity contribution in [2.75, 3.05) is 63.9 Å². The number of hydrogen-bond acceptors (Lipinski definition) is 10. The Morgan fingerprint density at radius 2 is 1.51 bits per heavy atom. The van der Waals surface area contributed by atoms with E-state index in [9.17, 15) is 9.59 Å². The summed E-state index contributed by atoms with van der Waals surface area (Å²) >= 11 is 0. The number of rotatable bonds is 2. The highest BCUT2D eigenvalue weighted by Gasteiger charge is 2.18. The van der Waals surface area contributed by atoms with Crippen LogP contribution in [0.1, 0.15) is 10.4 Å². The summed E-state index contributed by atoms with van der Waals surface area (Å²) in [6.07, 6.45) is 2.61. The molecule has 0 fully saturated rings. The third-order valence-corrected chi connectivity index (χ3v) is 5.22. The summed E-state index contributed by atoms with van der Waals surface area (Å²) in [5.74, 6) is 0.643. The monoisotopic (exact) mass is 485 g/mol. The van der Waals surface area contributed by atoms with Crippen LogP contribution >= 0.6 is 0 Å². The molecule has 12 heteroatoms. The van der Waals surface area contributed by atoms with E-state index >= 15 is 0 Å². The molecule has 1 aliphatic rings. The second-order valence-corrected chi connectivity index (χ2v) is 7.57. The highest BCUT2D eigenvalue weighted by atomic mass is 16.6. The zero-order chi connectivity index (χ0) is 24.6. The molecule has 2 aromatic heterocycles. The Kier molecular flexibility index (Phi) is 8.08. The topological polar surface area (TPSA) is 149 Å². The first kappa shape index (κ1) is 24.4. The summed E-state index contributed by atoms with van der Waals surface area (Å²) in [5, 5.41) is 3.62. The van der Waals surface area contributed by atoms with E-state index in [1.807, 2.05) is 0 Å². The fourth-order valence-electron chi connectivity index (χ4n) is 3.41. The largest absolute Gasteiger partial charge is 0.487 e.